The van der Waals surface area contributed by atoms with Gasteiger partial charge in [-0.2, -0.15) is 13.9 Å². The van der Waals surface area contributed by atoms with Crippen LogP contribution in [0.5, 0.6) is 0 Å². The van der Waals surface area contributed by atoms with Crippen LogP contribution in [0.15, 0.2) is 12.4 Å². The molecule has 0 bridgehead atoms. The number of hydrogen-bond donors (Lipinski definition) is 1. The second kappa shape index (κ2) is 6.40. The summed E-state index contributed by atoms with van der Waals surface area (Å²) in [4.78, 5) is 0. The summed E-state index contributed by atoms with van der Waals surface area (Å²) in [7, 11) is -3.13. The first-order valence-corrected chi connectivity index (χ1v) is 9.68. The molecule has 3 rings (SSSR count). The van der Waals surface area contributed by atoms with Crippen molar-refractivity contribution in [1.29, 1.82) is 0 Å². The van der Waals surface area contributed by atoms with E-state index in [2.05, 4.69) is 20.6 Å². The highest BCUT2D eigenvalue weighted by Crippen LogP contribution is 2.23. The molecule has 1 atom stereocenters. The summed E-state index contributed by atoms with van der Waals surface area (Å²) in [6.45, 7) is 3.23. The van der Waals surface area contributed by atoms with Gasteiger partial charge >= 0.3 is 0 Å². The highest BCUT2D eigenvalue weighted by atomic mass is 32.2. The number of piperidine rings is 1. The van der Waals surface area contributed by atoms with Gasteiger partial charge in [-0.05, 0) is 32.3 Å². The van der Waals surface area contributed by atoms with Crippen LogP contribution >= 0.6 is 0 Å². The van der Waals surface area contributed by atoms with Crippen LogP contribution in [0.2, 0.25) is 0 Å². The first kappa shape index (κ1) is 16.1. The van der Waals surface area contributed by atoms with Gasteiger partial charge in [-0.25, -0.2) is 8.42 Å². The van der Waals surface area contributed by atoms with Crippen molar-refractivity contribution in [1.82, 2.24) is 24.1 Å². The Kier molecular flexibility index (Phi) is 4.49. The van der Waals surface area contributed by atoms with E-state index in [0.29, 0.717) is 18.7 Å². The van der Waals surface area contributed by atoms with Crippen molar-refractivity contribution in [3.63, 3.8) is 0 Å². The van der Waals surface area contributed by atoms with Crippen molar-refractivity contribution in [3.8, 4) is 0 Å². The van der Waals surface area contributed by atoms with Gasteiger partial charge in [0.2, 0.25) is 15.7 Å². The molecular formula is C14H22N6O2S. The third kappa shape index (κ3) is 3.61. The number of aryl methyl sites for hydroxylation is 1. The predicted octanol–water partition coefficient (Wildman–Crippen LogP) is 1.05. The lowest BCUT2D eigenvalue weighted by Crippen LogP contribution is -2.43. The molecule has 0 aliphatic carbocycles. The van der Waals surface area contributed by atoms with Crippen molar-refractivity contribution >= 4 is 21.4 Å². The van der Waals surface area contributed by atoms with Crippen LogP contribution in [0.25, 0.3) is 5.65 Å². The molecule has 0 aromatic carbocycles. The number of rotatable bonds is 5. The maximum absolute atomic E-state index is 11.9. The summed E-state index contributed by atoms with van der Waals surface area (Å²) in [5.74, 6) is 0. The summed E-state index contributed by atoms with van der Waals surface area (Å²) in [5.41, 5.74) is 2.42. The molecule has 1 aliphatic heterocycles. The van der Waals surface area contributed by atoms with Crippen LogP contribution in [0, 0.1) is 6.92 Å². The van der Waals surface area contributed by atoms with Crippen LogP contribution < -0.4 is 5.32 Å². The van der Waals surface area contributed by atoms with E-state index in [1.807, 2.05) is 13.0 Å². The van der Waals surface area contributed by atoms with E-state index in [9.17, 15) is 8.42 Å². The van der Waals surface area contributed by atoms with Gasteiger partial charge in [-0.1, -0.05) is 6.42 Å². The summed E-state index contributed by atoms with van der Waals surface area (Å²) in [6, 6.07) is 2.00. The van der Waals surface area contributed by atoms with Gasteiger partial charge in [0.05, 0.1) is 17.6 Å². The number of fused-ring (bicyclic) bond motifs is 1. The van der Waals surface area contributed by atoms with Gasteiger partial charge in [0.1, 0.15) is 6.33 Å². The van der Waals surface area contributed by atoms with Crippen LogP contribution in [-0.4, -0.2) is 57.9 Å². The number of aromatic nitrogens is 4. The van der Waals surface area contributed by atoms with E-state index in [4.69, 9.17) is 0 Å². The molecule has 126 valence electrons. The lowest BCUT2D eigenvalue weighted by atomic mass is 10.0. The quantitative estimate of drug-likeness (QED) is 0.876. The molecule has 0 saturated carbocycles. The monoisotopic (exact) mass is 338 g/mol. The fourth-order valence-electron chi connectivity index (χ4n) is 3.16. The maximum atomic E-state index is 11.9. The molecule has 0 radical (unpaired) electrons. The Balaban J connectivity index is 1.67. The highest BCUT2D eigenvalue weighted by molar-refractivity contribution is 7.88. The topological polar surface area (TPSA) is 92.5 Å². The Labute approximate surface area is 135 Å². The molecular weight excluding hydrogens is 316 g/mol. The SMILES string of the molecule is Cc1cc(NCCC2CCCCN2S(C)(=O)=O)c2nncn2n1. The summed E-state index contributed by atoms with van der Waals surface area (Å²) in [5, 5.41) is 15.6. The molecule has 1 N–H and O–H groups in total. The Morgan fingerprint density at radius 2 is 2.22 bits per heavy atom. The molecule has 1 saturated heterocycles. The van der Waals surface area contributed by atoms with Gasteiger partial charge < -0.3 is 5.32 Å². The van der Waals surface area contributed by atoms with Crippen molar-refractivity contribution in [3.05, 3.63) is 18.1 Å². The second-order valence-electron chi connectivity index (χ2n) is 6.04. The standard InChI is InChI=1S/C14H22N6O2S/c1-11-9-13(14-17-16-10-19(14)18-11)15-7-6-12-5-3-4-8-20(12)23(2,21)22/h9-10,12,15H,3-8H2,1-2H3. The summed E-state index contributed by atoms with van der Waals surface area (Å²) >= 11 is 0. The molecule has 2 aromatic heterocycles. The smallest absolute Gasteiger partial charge is 0.211 e. The molecule has 3 heterocycles. The van der Waals surface area contributed by atoms with Crippen molar-refractivity contribution in [2.75, 3.05) is 24.7 Å². The third-order valence-electron chi connectivity index (χ3n) is 4.18. The number of sulfonamides is 1. The average Bonchev–Trinajstić information content (AvgIpc) is 2.95. The van der Waals surface area contributed by atoms with Gasteiger partial charge in [0.15, 0.2) is 0 Å². The molecule has 0 amide bonds. The number of nitrogens with zero attached hydrogens (tertiary/aromatic N) is 5. The fraction of sp³-hybridized carbons (Fsp3) is 0.643. The largest absolute Gasteiger partial charge is 0.382 e. The van der Waals surface area contributed by atoms with Crippen LogP contribution in [0.4, 0.5) is 5.69 Å². The molecule has 9 heteroatoms. The van der Waals surface area contributed by atoms with E-state index in [-0.39, 0.29) is 6.04 Å². The molecule has 2 aromatic rings. The molecule has 8 nitrogen and oxygen atoms in total. The Morgan fingerprint density at radius 1 is 1.39 bits per heavy atom. The first-order chi connectivity index (χ1) is 10.9. The number of nitrogens with one attached hydrogen (secondary N) is 1. The van der Waals surface area contributed by atoms with E-state index >= 15 is 0 Å². The van der Waals surface area contributed by atoms with Crippen LogP contribution in [-0.2, 0) is 10.0 Å². The fourth-order valence-corrected chi connectivity index (χ4v) is 4.37. The second-order valence-corrected chi connectivity index (χ2v) is 7.97. The average molecular weight is 338 g/mol. The first-order valence-electron chi connectivity index (χ1n) is 7.83. The Bertz CT molecular complexity index is 788. The van der Waals surface area contributed by atoms with E-state index < -0.39 is 10.0 Å². The minimum Gasteiger partial charge on any atom is -0.382 e. The highest BCUT2D eigenvalue weighted by Gasteiger charge is 2.28. The van der Waals surface area contributed by atoms with Gasteiger partial charge in [-0.3, -0.25) is 0 Å². The van der Waals surface area contributed by atoms with Gasteiger partial charge in [-0.15, -0.1) is 10.2 Å². The molecule has 1 unspecified atom stereocenters. The minimum absolute atomic E-state index is 0.0723. The molecule has 1 fully saturated rings. The van der Waals surface area contributed by atoms with Crippen LogP contribution in [0.3, 0.4) is 0 Å². The lowest BCUT2D eigenvalue weighted by molar-refractivity contribution is 0.246. The summed E-state index contributed by atoms with van der Waals surface area (Å²) < 4.78 is 27.1. The Morgan fingerprint density at radius 3 is 3.00 bits per heavy atom. The van der Waals surface area contributed by atoms with Gasteiger partial charge in [0, 0.05) is 19.1 Å². The molecule has 23 heavy (non-hydrogen) atoms. The normalized spacial score (nSPS) is 20.0. The predicted molar refractivity (Wildman–Crippen MR) is 87.8 cm³/mol. The maximum Gasteiger partial charge on any atom is 0.211 e. The minimum atomic E-state index is -3.13. The van der Waals surface area contributed by atoms with E-state index in [1.54, 1.807) is 15.1 Å². The number of hydrogen-bond acceptors (Lipinski definition) is 6. The van der Waals surface area contributed by atoms with Gasteiger partial charge in [0.25, 0.3) is 0 Å². The zero-order chi connectivity index (χ0) is 16.4. The van der Waals surface area contributed by atoms with Crippen molar-refractivity contribution in [2.45, 2.75) is 38.6 Å². The molecule has 0 spiro atoms. The van der Waals surface area contributed by atoms with Crippen LogP contribution in [0.1, 0.15) is 31.4 Å². The van der Waals surface area contributed by atoms with Crippen molar-refractivity contribution < 1.29 is 8.42 Å². The third-order valence-corrected chi connectivity index (χ3v) is 5.51. The van der Waals surface area contributed by atoms with Crippen molar-refractivity contribution in [2.24, 2.45) is 0 Å². The van der Waals surface area contributed by atoms with E-state index in [0.717, 1.165) is 37.1 Å². The number of anilines is 1. The Hall–Kier alpha value is -1.74. The zero-order valence-corrected chi connectivity index (χ0v) is 14.3. The van der Waals surface area contributed by atoms with E-state index in [1.165, 1.54) is 6.26 Å². The molecule has 1 aliphatic rings. The lowest BCUT2D eigenvalue weighted by Gasteiger charge is -2.33. The summed E-state index contributed by atoms with van der Waals surface area (Å²) in [6.07, 6.45) is 6.59. The zero-order valence-electron chi connectivity index (χ0n) is 13.4.